The summed E-state index contributed by atoms with van der Waals surface area (Å²) in [6, 6.07) is 0.284. The van der Waals surface area contributed by atoms with Gasteiger partial charge in [0.15, 0.2) is 16.9 Å². The summed E-state index contributed by atoms with van der Waals surface area (Å²) in [4.78, 5) is 16.1. The Bertz CT molecular complexity index is 826. The molecule has 4 rings (SSSR count). The van der Waals surface area contributed by atoms with E-state index in [9.17, 15) is 0 Å². The van der Waals surface area contributed by atoms with E-state index in [1.165, 1.54) is 18.0 Å². The van der Waals surface area contributed by atoms with Gasteiger partial charge in [0.2, 0.25) is 0 Å². The molecule has 0 saturated carbocycles. The number of fused-ring (bicyclic) bond motifs is 1. The molecule has 0 aliphatic carbocycles. The fraction of sp³-hybridized carbons (Fsp3) is 0.684. The molecule has 1 atom stereocenters. The number of aliphatic imine (C=N–C) groups is 1. The number of hydrogen-bond acceptors (Lipinski definition) is 7. The second kappa shape index (κ2) is 9.53. The molecule has 2 aliphatic heterocycles. The third-order valence-corrected chi connectivity index (χ3v) is 6.28. The van der Waals surface area contributed by atoms with E-state index in [0.717, 1.165) is 68.7 Å². The van der Waals surface area contributed by atoms with Crippen molar-refractivity contribution in [1.29, 1.82) is 0 Å². The number of aryl methyl sites for hydroxylation is 1. The van der Waals surface area contributed by atoms with Crippen LogP contribution in [0.3, 0.4) is 0 Å². The lowest BCUT2D eigenvalue weighted by Crippen LogP contribution is -2.47. The lowest BCUT2D eigenvalue weighted by atomic mass is 10.1. The van der Waals surface area contributed by atoms with E-state index in [2.05, 4.69) is 36.0 Å². The highest BCUT2D eigenvalue weighted by atomic mass is 32.1. The van der Waals surface area contributed by atoms with Crippen molar-refractivity contribution in [3.63, 3.8) is 0 Å². The maximum absolute atomic E-state index is 5.14. The largest absolute Gasteiger partial charge is 0.377 e. The highest BCUT2D eigenvalue weighted by Gasteiger charge is 2.22. The molecule has 1 unspecified atom stereocenters. The van der Waals surface area contributed by atoms with Crippen LogP contribution in [0.25, 0.3) is 0 Å². The van der Waals surface area contributed by atoms with Crippen LogP contribution in [0.2, 0.25) is 0 Å². The Labute approximate surface area is 175 Å². The smallest absolute Gasteiger partial charge is 0.191 e. The SMILES string of the molecule is CN=C(NCCc1csc(N2CCCC2)n1)NC1CCc2nc(COC)nn2C1. The van der Waals surface area contributed by atoms with E-state index in [-0.39, 0.29) is 6.04 Å². The van der Waals surface area contributed by atoms with Gasteiger partial charge in [0.1, 0.15) is 12.4 Å². The summed E-state index contributed by atoms with van der Waals surface area (Å²) in [5, 5.41) is 14.8. The van der Waals surface area contributed by atoms with Crippen molar-refractivity contribution < 1.29 is 4.74 Å². The maximum atomic E-state index is 5.14. The molecule has 158 valence electrons. The third-order valence-electron chi connectivity index (χ3n) is 5.33. The summed E-state index contributed by atoms with van der Waals surface area (Å²) in [5.74, 6) is 2.61. The van der Waals surface area contributed by atoms with Crippen molar-refractivity contribution in [2.24, 2.45) is 4.99 Å². The van der Waals surface area contributed by atoms with Gasteiger partial charge in [-0.1, -0.05) is 0 Å². The number of thiazole rings is 1. The van der Waals surface area contributed by atoms with Gasteiger partial charge in [-0.2, -0.15) is 5.10 Å². The average molecular weight is 419 g/mol. The Kier molecular flexibility index (Phi) is 6.60. The van der Waals surface area contributed by atoms with Gasteiger partial charge >= 0.3 is 0 Å². The predicted octanol–water partition coefficient (Wildman–Crippen LogP) is 1.20. The van der Waals surface area contributed by atoms with Crippen LogP contribution in [0.15, 0.2) is 10.4 Å². The molecule has 1 fully saturated rings. The topological polar surface area (TPSA) is 92.5 Å². The molecule has 0 aromatic carbocycles. The molecule has 0 amide bonds. The Balaban J connectivity index is 1.23. The first-order valence-corrected chi connectivity index (χ1v) is 11.2. The van der Waals surface area contributed by atoms with Crippen LogP contribution >= 0.6 is 11.3 Å². The van der Waals surface area contributed by atoms with Crippen molar-refractivity contribution in [3.8, 4) is 0 Å². The minimum atomic E-state index is 0.284. The van der Waals surface area contributed by atoms with E-state index >= 15 is 0 Å². The number of nitrogens with one attached hydrogen (secondary N) is 2. The molecule has 29 heavy (non-hydrogen) atoms. The van der Waals surface area contributed by atoms with Crippen LogP contribution in [0.5, 0.6) is 0 Å². The lowest BCUT2D eigenvalue weighted by Gasteiger charge is -2.25. The van der Waals surface area contributed by atoms with Gasteiger partial charge in [0, 0.05) is 58.1 Å². The predicted molar refractivity (Wildman–Crippen MR) is 115 cm³/mol. The normalized spacial score (nSPS) is 19.4. The molecule has 9 nitrogen and oxygen atoms in total. The van der Waals surface area contributed by atoms with E-state index in [1.54, 1.807) is 18.4 Å². The Morgan fingerprint density at radius 1 is 1.34 bits per heavy atom. The van der Waals surface area contributed by atoms with Gasteiger partial charge in [0.25, 0.3) is 0 Å². The van der Waals surface area contributed by atoms with Crippen LogP contribution in [0, 0.1) is 0 Å². The zero-order valence-electron chi connectivity index (χ0n) is 17.2. The number of aromatic nitrogens is 4. The number of rotatable bonds is 7. The Morgan fingerprint density at radius 2 is 2.21 bits per heavy atom. The minimum Gasteiger partial charge on any atom is -0.377 e. The summed E-state index contributed by atoms with van der Waals surface area (Å²) >= 11 is 1.76. The molecule has 0 bridgehead atoms. The van der Waals surface area contributed by atoms with Crippen molar-refractivity contribution in [2.75, 3.05) is 38.7 Å². The van der Waals surface area contributed by atoms with Crippen molar-refractivity contribution in [2.45, 2.75) is 51.3 Å². The fourth-order valence-corrected chi connectivity index (χ4v) is 4.74. The Morgan fingerprint density at radius 3 is 3.00 bits per heavy atom. The number of nitrogens with zero attached hydrogens (tertiary/aromatic N) is 6. The number of ether oxygens (including phenoxy) is 1. The van der Waals surface area contributed by atoms with Gasteiger partial charge in [0.05, 0.1) is 12.2 Å². The van der Waals surface area contributed by atoms with Crippen LogP contribution in [-0.2, 0) is 30.7 Å². The van der Waals surface area contributed by atoms with Gasteiger partial charge in [-0.3, -0.25) is 4.99 Å². The van der Waals surface area contributed by atoms with Crippen molar-refractivity contribution in [1.82, 2.24) is 30.4 Å². The fourth-order valence-electron chi connectivity index (χ4n) is 3.83. The summed E-state index contributed by atoms with van der Waals surface area (Å²) < 4.78 is 7.12. The first-order chi connectivity index (χ1) is 14.2. The average Bonchev–Trinajstić information content (AvgIpc) is 3.47. The zero-order chi connectivity index (χ0) is 20.1. The molecular formula is C19H30N8OS. The molecule has 10 heteroatoms. The minimum absolute atomic E-state index is 0.284. The molecule has 2 N–H and O–H groups in total. The molecule has 2 aromatic heterocycles. The molecule has 2 aliphatic rings. The van der Waals surface area contributed by atoms with E-state index in [4.69, 9.17) is 9.72 Å². The Hall–Kier alpha value is -2.20. The first kappa shape index (κ1) is 20.1. The number of guanidine groups is 1. The number of hydrogen-bond donors (Lipinski definition) is 2. The van der Waals surface area contributed by atoms with Crippen molar-refractivity contribution in [3.05, 3.63) is 22.7 Å². The highest BCUT2D eigenvalue weighted by Crippen LogP contribution is 2.24. The zero-order valence-corrected chi connectivity index (χ0v) is 18.0. The summed E-state index contributed by atoms with van der Waals surface area (Å²) in [6.45, 7) is 4.34. The summed E-state index contributed by atoms with van der Waals surface area (Å²) in [7, 11) is 3.48. The van der Waals surface area contributed by atoms with E-state index < -0.39 is 0 Å². The molecule has 1 saturated heterocycles. The first-order valence-electron chi connectivity index (χ1n) is 10.3. The quantitative estimate of drug-likeness (QED) is 0.516. The van der Waals surface area contributed by atoms with Crippen LogP contribution < -0.4 is 15.5 Å². The number of anilines is 1. The molecule has 4 heterocycles. The molecule has 0 radical (unpaired) electrons. The van der Waals surface area contributed by atoms with Gasteiger partial charge in [-0.15, -0.1) is 11.3 Å². The van der Waals surface area contributed by atoms with E-state index in [1.807, 2.05) is 11.7 Å². The monoisotopic (exact) mass is 418 g/mol. The summed E-state index contributed by atoms with van der Waals surface area (Å²) in [5.41, 5.74) is 1.15. The van der Waals surface area contributed by atoms with Gasteiger partial charge in [-0.05, 0) is 19.3 Å². The summed E-state index contributed by atoms with van der Waals surface area (Å²) in [6.07, 6.45) is 5.37. The molecular weight excluding hydrogens is 388 g/mol. The third kappa shape index (κ3) is 5.05. The molecule has 2 aromatic rings. The molecule has 0 spiro atoms. The standard InChI is InChI=1S/C19H30N8OS/c1-20-18(21-8-7-15-13-29-19(23-15)26-9-3-4-10-26)22-14-5-6-17-24-16(12-28-2)25-27(17)11-14/h13-14H,3-12H2,1-2H3,(H2,20,21,22). The van der Waals surface area contributed by atoms with Gasteiger partial charge in [-0.25, -0.2) is 14.6 Å². The second-order valence-corrected chi connectivity index (χ2v) is 8.34. The van der Waals surface area contributed by atoms with Crippen LogP contribution in [-0.4, -0.2) is 65.5 Å². The highest BCUT2D eigenvalue weighted by molar-refractivity contribution is 7.13. The number of methoxy groups -OCH3 is 1. The van der Waals surface area contributed by atoms with Crippen LogP contribution in [0.4, 0.5) is 5.13 Å². The lowest BCUT2D eigenvalue weighted by molar-refractivity contribution is 0.177. The second-order valence-electron chi connectivity index (χ2n) is 7.50. The van der Waals surface area contributed by atoms with E-state index in [0.29, 0.717) is 6.61 Å². The van der Waals surface area contributed by atoms with Gasteiger partial charge < -0.3 is 20.3 Å². The van der Waals surface area contributed by atoms with Crippen molar-refractivity contribution >= 4 is 22.4 Å². The van der Waals surface area contributed by atoms with Crippen LogP contribution in [0.1, 0.15) is 36.6 Å². The maximum Gasteiger partial charge on any atom is 0.191 e.